The topological polar surface area (TPSA) is 50.8 Å². The lowest BCUT2D eigenvalue weighted by Crippen LogP contribution is -2.32. The second kappa shape index (κ2) is 9.97. The highest BCUT2D eigenvalue weighted by atomic mass is 16.5. The van der Waals surface area contributed by atoms with Crippen molar-refractivity contribution >= 4 is 11.6 Å². The molecule has 0 spiro atoms. The Bertz CT molecular complexity index is 774. The second-order valence-electron chi connectivity index (χ2n) is 6.59. The minimum absolute atomic E-state index is 0.0123. The van der Waals surface area contributed by atoms with E-state index in [0.29, 0.717) is 25.4 Å². The van der Waals surface area contributed by atoms with Gasteiger partial charge in [-0.25, -0.2) is 0 Å². The summed E-state index contributed by atoms with van der Waals surface area (Å²) in [7, 11) is 1.64. The molecule has 0 atom stereocenters. The van der Waals surface area contributed by atoms with E-state index in [1.165, 1.54) is 5.56 Å². The Morgan fingerprint density at radius 3 is 2.48 bits per heavy atom. The monoisotopic (exact) mass is 370 g/mol. The number of amides is 1. The summed E-state index contributed by atoms with van der Waals surface area (Å²) in [5, 5.41) is 3.01. The third-order valence-corrected chi connectivity index (χ3v) is 4.40. The number of methoxy groups -OCH3 is 1. The summed E-state index contributed by atoms with van der Waals surface area (Å²) in [6.45, 7) is 10.4. The van der Waals surface area contributed by atoms with Crippen LogP contribution >= 0.6 is 0 Å². The predicted molar refractivity (Wildman–Crippen MR) is 110 cm³/mol. The number of aryl methyl sites for hydroxylation is 2. The van der Waals surface area contributed by atoms with Gasteiger partial charge in [-0.05, 0) is 56.6 Å². The molecule has 27 heavy (non-hydrogen) atoms. The van der Waals surface area contributed by atoms with Gasteiger partial charge in [-0.2, -0.15) is 0 Å². The molecule has 0 unspecified atom stereocenters. The van der Waals surface area contributed by atoms with E-state index in [1.807, 2.05) is 51.1 Å². The minimum Gasteiger partial charge on any atom is -0.493 e. The van der Waals surface area contributed by atoms with Gasteiger partial charge in [0.1, 0.15) is 0 Å². The molecule has 0 aliphatic heterocycles. The molecule has 1 amide bonds. The average Bonchev–Trinajstić information content (AvgIpc) is 2.64. The quantitative estimate of drug-likeness (QED) is 0.720. The van der Waals surface area contributed by atoms with Gasteiger partial charge in [0.15, 0.2) is 11.5 Å². The molecule has 5 heteroatoms. The first-order valence-electron chi connectivity index (χ1n) is 9.36. The van der Waals surface area contributed by atoms with Crippen molar-refractivity contribution in [3.05, 3.63) is 53.1 Å². The van der Waals surface area contributed by atoms with Crippen molar-refractivity contribution in [3.63, 3.8) is 0 Å². The van der Waals surface area contributed by atoms with Crippen LogP contribution in [0.1, 0.15) is 30.5 Å². The van der Waals surface area contributed by atoms with E-state index in [1.54, 1.807) is 7.11 Å². The van der Waals surface area contributed by atoms with Crippen molar-refractivity contribution in [2.75, 3.05) is 32.1 Å². The second-order valence-corrected chi connectivity index (χ2v) is 6.59. The average molecular weight is 370 g/mol. The molecule has 0 bridgehead atoms. The molecule has 0 heterocycles. The maximum Gasteiger partial charge on any atom is 0.238 e. The largest absolute Gasteiger partial charge is 0.493 e. The fraction of sp³-hybridized carbons (Fsp3) is 0.409. The lowest BCUT2D eigenvalue weighted by atomic mass is 10.1. The van der Waals surface area contributed by atoms with Crippen molar-refractivity contribution < 1.29 is 14.3 Å². The van der Waals surface area contributed by atoms with Gasteiger partial charge in [0, 0.05) is 12.2 Å². The highest BCUT2D eigenvalue weighted by Crippen LogP contribution is 2.28. The summed E-state index contributed by atoms with van der Waals surface area (Å²) in [5.74, 6) is 1.44. The number of carbonyl (C=O) groups excluding carboxylic acids is 1. The molecule has 0 radical (unpaired) electrons. The van der Waals surface area contributed by atoms with Crippen LogP contribution in [0.25, 0.3) is 0 Å². The Kier molecular flexibility index (Phi) is 7.67. The molecule has 0 saturated carbocycles. The Labute approximate surface area is 162 Å². The van der Waals surface area contributed by atoms with E-state index in [-0.39, 0.29) is 5.91 Å². The molecule has 0 aromatic heterocycles. The van der Waals surface area contributed by atoms with Gasteiger partial charge >= 0.3 is 0 Å². The van der Waals surface area contributed by atoms with Crippen LogP contribution in [-0.2, 0) is 11.3 Å². The zero-order valence-corrected chi connectivity index (χ0v) is 17.0. The standard InChI is InChI=1S/C22H30N2O3/c1-6-24(14-18-9-11-20(27-7-2)21(13-18)26-5)15-22(25)23-19-10-8-16(3)12-17(19)4/h8-13H,6-7,14-15H2,1-5H3,(H,23,25). The van der Waals surface area contributed by atoms with Gasteiger partial charge in [0.25, 0.3) is 0 Å². The number of likely N-dealkylation sites (N-methyl/N-ethyl adjacent to an activating group) is 1. The smallest absolute Gasteiger partial charge is 0.238 e. The maximum absolute atomic E-state index is 12.5. The van der Waals surface area contributed by atoms with Crippen molar-refractivity contribution in [2.45, 2.75) is 34.2 Å². The molecule has 0 fully saturated rings. The Hall–Kier alpha value is -2.53. The predicted octanol–water partition coefficient (Wildman–Crippen LogP) is 4.17. The van der Waals surface area contributed by atoms with Crippen LogP contribution in [0.15, 0.2) is 36.4 Å². The molecular formula is C22H30N2O3. The van der Waals surface area contributed by atoms with E-state index >= 15 is 0 Å². The fourth-order valence-corrected chi connectivity index (χ4v) is 2.97. The first-order chi connectivity index (χ1) is 13.0. The SMILES string of the molecule is CCOc1ccc(CN(CC)CC(=O)Nc2ccc(C)cc2C)cc1OC. The fourth-order valence-electron chi connectivity index (χ4n) is 2.97. The van der Waals surface area contributed by atoms with Gasteiger partial charge in [0.05, 0.1) is 20.3 Å². The number of benzene rings is 2. The molecule has 2 aromatic rings. The molecule has 146 valence electrons. The van der Waals surface area contributed by atoms with Gasteiger partial charge in [-0.1, -0.05) is 30.7 Å². The van der Waals surface area contributed by atoms with Crippen LogP contribution in [0.5, 0.6) is 11.5 Å². The first-order valence-corrected chi connectivity index (χ1v) is 9.36. The summed E-state index contributed by atoms with van der Waals surface area (Å²) in [5.41, 5.74) is 4.20. The van der Waals surface area contributed by atoms with Crippen molar-refractivity contribution in [2.24, 2.45) is 0 Å². The van der Waals surface area contributed by atoms with Gasteiger partial charge in [-0.3, -0.25) is 9.69 Å². The number of hydrogen-bond acceptors (Lipinski definition) is 4. The Morgan fingerprint density at radius 2 is 1.85 bits per heavy atom. The van der Waals surface area contributed by atoms with Gasteiger partial charge in [0.2, 0.25) is 5.91 Å². The van der Waals surface area contributed by atoms with Crippen LogP contribution in [0.2, 0.25) is 0 Å². The molecule has 2 aromatic carbocycles. The molecule has 0 saturated heterocycles. The highest BCUT2D eigenvalue weighted by Gasteiger charge is 2.13. The summed E-state index contributed by atoms with van der Waals surface area (Å²) < 4.78 is 11.0. The van der Waals surface area contributed by atoms with E-state index in [4.69, 9.17) is 9.47 Å². The third kappa shape index (κ3) is 6.00. The van der Waals surface area contributed by atoms with Crippen molar-refractivity contribution in [1.29, 1.82) is 0 Å². The van der Waals surface area contributed by atoms with E-state index in [9.17, 15) is 4.79 Å². The molecule has 1 N–H and O–H groups in total. The summed E-state index contributed by atoms with van der Waals surface area (Å²) in [6.07, 6.45) is 0. The van der Waals surface area contributed by atoms with E-state index in [0.717, 1.165) is 29.1 Å². The van der Waals surface area contributed by atoms with E-state index in [2.05, 4.69) is 23.2 Å². The lowest BCUT2D eigenvalue weighted by molar-refractivity contribution is -0.117. The molecule has 5 nitrogen and oxygen atoms in total. The highest BCUT2D eigenvalue weighted by molar-refractivity contribution is 5.93. The van der Waals surface area contributed by atoms with Gasteiger partial charge < -0.3 is 14.8 Å². The zero-order chi connectivity index (χ0) is 19.8. The maximum atomic E-state index is 12.5. The number of anilines is 1. The molecule has 0 aliphatic rings. The van der Waals surface area contributed by atoms with Gasteiger partial charge in [-0.15, -0.1) is 0 Å². The molecular weight excluding hydrogens is 340 g/mol. The number of rotatable bonds is 9. The normalized spacial score (nSPS) is 10.7. The Morgan fingerprint density at radius 1 is 1.07 bits per heavy atom. The van der Waals surface area contributed by atoms with Crippen LogP contribution in [-0.4, -0.2) is 37.6 Å². The summed E-state index contributed by atoms with van der Waals surface area (Å²) in [4.78, 5) is 14.6. The number of nitrogens with one attached hydrogen (secondary N) is 1. The summed E-state index contributed by atoms with van der Waals surface area (Å²) >= 11 is 0. The zero-order valence-electron chi connectivity index (χ0n) is 17.0. The first kappa shape index (κ1) is 20.8. The van der Waals surface area contributed by atoms with E-state index < -0.39 is 0 Å². The third-order valence-electron chi connectivity index (χ3n) is 4.40. The molecule has 2 rings (SSSR count). The Balaban J connectivity index is 2.01. The number of ether oxygens (including phenoxy) is 2. The number of nitrogens with zero attached hydrogens (tertiary/aromatic N) is 1. The summed E-state index contributed by atoms with van der Waals surface area (Å²) in [6, 6.07) is 11.9. The minimum atomic E-state index is -0.0123. The molecule has 0 aliphatic carbocycles. The number of hydrogen-bond donors (Lipinski definition) is 1. The van der Waals surface area contributed by atoms with Crippen LogP contribution in [0.3, 0.4) is 0 Å². The lowest BCUT2D eigenvalue weighted by Gasteiger charge is -2.21. The van der Waals surface area contributed by atoms with Crippen LogP contribution in [0.4, 0.5) is 5.69 Å². The van der Waals surface area contributed by atoms with Crippen molar-refractivity contribution in [1.82, 2.24) is 4.90 Å². The van der Waals surface area contributed by atoms with Crippen molar-refractivity contribution in [3.8, 4) is 11.5 Å². The van der Waals surface area contributed by atoms with Crippen LogP contribution < -0.4 is 14.8 Å². The number of carbonyl (C=O) groups is 1. The van der Waals surface area contributed by atoms with Crippen LogP contribution in [0, 0.1) is 13.8 Å².